The third kappa shape index (κ3) is 2.80. The monoisotopic (exact) mass is 257 g/mol. The topological polar surface area (TPSA) is 42.2 Å². The van der Waals surface area contributed by atoms with Gasteiger partial charge in [-0.25, -0.2) is 0 Å². The fraction of sp³-hybridized carbons (Fsp3) is 0.438. The molecule has 0 bridgehead atoms. The van der Waals surface area contributed by atoms with Gasteiger partial charge < -0.3 is 10.6 Å². The number of nitrogens with two attached hydrogens (primary N) is 1. The minimum absolute atomic E-state index is 0.434. The van der Waals surface area contributed by atoms with Gasteiger partial charge >= 0.3 is 0 Å². The van der Waals surface area contributed by atoms with E-state index in [0.717, 1.165) is 28.7 Å². The van der Waals surface area contributed by atoms with Crippen molar-refractivity contribution in [3.8, 4) is 0 Å². The summed E-state index contributed by atoms with van der Waals surface area (Å²) in [5.74, 6) is 0.606. The van der Waals surface area contributed by atoms with E-state index in [2.05, 4.69) is 49.7 Å². The minimum Gasteiger partial charge on any atom is -0.397 e. The molecule has 0 fully saturated rings. The van der Waals surface area contributed by atoms with E-state index < -0.39 is 0 Å². The molecule has 0 aliphatic heterocycles. The Morgan fingerprint density at radius 2 is 1.89 bits per heavy atom. The molecular weight excluding hydrogens is 234 g/mol. The van der Waals surface area contributed by atoms with Gasteiger partial charge in [-0.2, -0.15) is 0 Å². The highest BCUT2D eigenvalue weighted by molar-refractivity contribution is 5.98. The molecule has 0 radical (unpaired) electrons. The second-order valence-electron chi connectivity index (χ2n) is 5.74. The van der Waals surface area contributed by atoms with Crippen LogP contribution in [0.3, 0.4) is 0 Å². The Balaban J connectivity index is 2.51. The van der Waals surface area contributed by atoms with Crippen molar-refractivity contribution in [2.75, 3.05) is 17.2 Å². The minimum atomic E-state index is 0.434. The Morgan fingerprint density at radius 1 is 1.16 bits per heavy atom. The van der Waals surface area contributed by atoms with E-state index in [1.54, 1.807) is 6.20 Å². The number of fused-ring (bicyclic) bond motifs is 1. The van der Waals surface area contributed by atoms with Crippen molar-refractivity contribution in [2.24, 2.45) is 5.92 Å². The summed E-state index contributed by atoms with van der Waals surface area (Å²) in [6.45, 7) is 9.89. The van der Waals surface area contributed by atoms with E-state index in [-0.39, 0.29) is 0 Å². The number of pyridine rings is 1. The predicted octanol–water partition coefficient (Wildman–Crippen LogP) is 3.69. The summed E-state index contributed by atoms with van der Waals surface area (Å²) in [7, 11) is 0. The highest BCUT2D eigenvalue weighted by Crippen LogP contribution is 2.32. The van der Waals surface area contributed by atoms with Gasteiger partial charge in [-0.05, 0) is 31.9 Å². The molecular formula is C16H23N3. The Labute approximate surface area is 115 Å². The number of rotatable bonds is 4. The highest BCUT2D eigenvalue weighted by Gasteiger charge is 2.16. The first-order valence-corrected chi connectivity index (χ1v) is 6.89. The van der Waals surface area contributed by atoms with E-state index in [1.807, 2.05) is 12.3 Å². The summed E-state index contributed by atoms with van der Waals surface area (Å²) in [5.41, 5.74) is 8.35. The van der Waals surface area contributed by atoms with Crippen LogP contribution in [0.15, 0.2) is 30.6 Å². The molecule has 1 aromatic heterocycles. The van der Waals surface area contributed by atoms with Crippen LogP contribution in [0.4, 0.5) is 11.4 Å². The van der Waals surface area contributed by atoms with Crippen LogP contribution in [-0.4, -0.2) is 17.6 Å². The van der Waals surface area contributed by atoms with Crippen molar-refractivity contribution in [1.29, 1.82) is 0 Å². The number of nitrogen functional groups attached to an aromatic ring is 1. The number of nitrogens with zero attached hydrogens (tertiary/aromatic N) is 2. The lowest BCUT2D eigenvalue weighted by atomic mass is 10.1. The maximum Gasteiger partial charge on any atom is 0.0632 e. The number of anilines is 2. The number of benzene rings is 1. The highest BCUT2D eigenvalue weighted by atomic mass is 15.2. The zero-order valence-corrected chi connectivity index (χ0v) is 12.2. The summed E-state index contributed by atoms with van der Waals surface area (Å²) >= 11 is 0. The van der Waals surface area contributed by atoms with Gasteiger partial charge in [0.05, 0.1) is 11.4 Å². The van der Waals surface area contributed by atoms with E-state index in [4.69, 9.17) is 5.73 Å². The smallest absolute Gasteiger partial charge is 0.0632 e. The lowest BCUT2D eigenvalue weighted by Gasteiger charge is -2.32. The first-order valence-electron chi connectivity index (χ1n) is 6.89. The molecule has 2 aromatic rings. The molecule has 1 aromatic carbocycles. The molecule has 1 heterocycles. The van der Waals surface area contributed by atoms with Gasteiger partial charge in [0.15, 0.2) is 0 Å². The van der Waals surface area contributed by atoms with Crippen molar-refractivity contribution in [1.82, 2.24) is 4.98 Å². The third-order valence-corrected chi connectivity index (χ3v) is 3.33. The van der Waals surface area contributed by atoms with Gasteiger partial charge in [-0.3, -0.25) is 4.98 Å². The predicted molar refractivity (Wildman–Crippen MR) is 83.5 cm³/mol. The molecule has 0 unspecified atom stereocenters. The third-order valence-electron chi connectivity index (χ3n) is 3.33. The van der Waals surface area contributed by atoms with E-state index in [0.29, 0.717) is 12.0 Å². The maximum absolute atomic E-state index is 6.36. The summed E-state index contributed by atoms with van der Waals surface area (Å²) in [4.78, 5) is 6.52. The fourth-order valence-corrected chi connectivity index (χ4v) is 2.41. The van der Waals surface area contributed by atoms with Gasteiger partial charge in [0.2, 0.25) is 0 Å². The van der Waals surface area contributed by atoms with Gasteiger partial charge in [0, 0.05) is 35.8 Å². The van der Waals surface area contributed by atoms with Crippen molar-refractivity contribution in [2.45, 2.75) is 33.7 Å². The largest absolute Gasteiger partial charge is 0.397 e. The van der Waals surface area contributed by atoms with Crippen LogP contribution < -0.4 is 10.6 Å². The van der Waals surface area contributed by atoms with Crippen molar-refractivity contribution < 1.29 is 0 Å². The lowest BCUT2D eigenvalue weighted by molar-refractivity contribution is 0.572. The first-order chi connectivity index (χ1) is 9.00. The fourth-order valence-electron chi connectivity index (χ4n) is 2.41. The molecule has 2 N–H and O–H groups in total. The number of aromatic nitrogens is 1. The molecule has 3 nitrogen and oxygen atoms in total. The van der Waals surface area contributed by atoms with Crippen LogP contribution >= 0.6 is 0 Å². The molecule has 0 aliphatic rings. The standard InChI is InChI=1S/C16H23N3/c1-11(2)10-19(12(3)4)15-6-5-13-9-18-8-7-14(13)16(15)17/h5-9,11-12H,10,17H2,1-4H3. The van der Waals surface area contributed by atoms with Crippen LogP contribution in [0.25, 0.3) is 10.8 Å². The first kappa shape index (κ1) is 13.7. The Hall–Kier alpha value is -1.77. The average Bonchev–Trinajstić information content (AvgIpc) is 2.37. The van der Waals surface area contributed by atoms with Crippen molar-refractivity contribution in [3.05, 3.63) is 30.6 Å². The van der Waals surface area contributed by atoms with Crippen LogP contribution in [0.1, 0.15) is 27.7 Å². The molecule has 0 amide bonds. The SMILES string of the molecule is CC(C)CN(c1ccc2cnccc2c1N)C(C)C. The molecule has 0 saturated heterocycles. The zero-order chi connectivity index (χ0) is 14.0. The normalized spacial score (nSPS) is 11.5. The maximum atomic E-state index is 6.36. The summed E-state index contributed by atoms with van der Waals surface area (Å²) < 4.78 is 0. The molecule has 19 heavy (non-hydrogen) atoms. The van der Waals surface area contributed by atoms with Gasteiger partial charge in [0.25, 0.3) is 0 Å². The molecule has 102 valence electrons. The van der Waals surface area contributed by atoms with Gasteiger partial charge in [-0.15, -0.1) is 0 Å². The Morgan fingerprint density at radius 3 is 2.53 bits per heavy atom. The van der Waals surface area contributed by atoms with Crippen LogP contribution in [-0.2, 0) is 0 Å². The summed E-state index contributed by atoms with van der Waals surface area (Å²) in [5, 5.41) is 2.18. The van der Waals surface area contributed by atoms with E-state index in [1.165, 1.54) is 0 Å². The number of hydrogen-bond donors (Lipinski definition) is 1. The number of hydrogen-bond acceptors (Lipinski definition) is 3. The van der Waals surface area contributed by atoms with Crippen LogP contribution in [0.2, 0.25) is 0 Å². The second kappa shape index (κ2) is 5.47. The van der Waals surface area contributed by atoms with E-state index in [9.17, 15) is 0 Å². The van der Waals surface area contributed by atoms with Gasteiger partial charge in [0.1, 0.15) is 0 Å². The zero-order valence-electron chi connectivity index (χ0n) is 12.2. The quantitative estimate of drug-likeness (QED) is 0.849. The molecule has 3 heteroatoms. The molecule has 2 rings (SSSR count). The summed E-state index contributed by atoms with van der Waals surface area (Å²) in [6.07, 6.45) is 3.66. The summed E-state index contributed by atoms with van der Waals surface area (Å²) in [6, 6.07) is 6.64. The van der Waals surface area contributed by atoms with Crippen LogP contribution in [0.5, 0.6) is 0 Å². The Bertz CT molecular complexity index is 561. The molecule has 0 spiro atoms. The van der Waals surface area contributed by atoms with Crippen LogP contribution in [0, 0.1) is 5.92 Å². The second-order valence-corrected chi connectivity index (χ2v) is 5.74. The Kier molecular flexibility index (Phi) is 3.93. The molecule has 0 saturated carbocycles. The molecule has 0 atom stereocenters. The lowest BCUT2D eigenvalue weighted by Crippen LogP contribution is -2.34. The molecule has 0 aliphatic carbocycles. The van der Waals surface area contributed by atoms with Gasteiger partial charge in [-0.1, -0.05) is 19.9 Å². The van der Waals surface area contributed by atoms with Crippen molar-refractivity contribution in [3.63, 3.8) is 0 Å². The average molecular weight is 257 g/mol. The van der Waals surface area contributed by atoms with E-state index >= 15 is 0 Å². The van der Waals surface area contributed by atoms with Crippen molar-refractivity contribution >= 4 is 22.1 Å².